The van der Waals surface area contributed by atoms with E-state index in [2.05, 4.69) is 5.32 Å². The lowest BCUT2D eigenvalue weighted by Gasteiger charge is -2.26. The Balaban J connectivity index is 1.55. The first-order valence-corrected chi connectivity index (χ1v) is 11.4. The number of ether oxygens (including phenoxy) is 1. The Bertz CT molecular complexity index is 1200. The largest absolute Gasteiger partial charge is 0.379 e. The highest BCUT2D eigenvalue weighted by molar-refractivity contribution is 7.89. The van der Waals surface area contributed by atoms with Gasteiger partial charge in [0.05, 0.1) is 18.2 Å². The monoisotopic (exact) mass is 447 g/mol. The van der Waals surface area contributed by atoms with Crippen molar-refractivity contribution in [2.45, 2.75) is 18.4 Å². The van der Waals surface area contributed by atoms with Crippen LogP contribution in [0.25, 0.3) is 10.9 Å². The molecule has 2 heterocycles. The summed E-state index contributed by atoms with van der Waals surface area (Å²) in [7, 11) is -3.77. The number of anilines is 1. The fourth-order valence-corrected chi connectivity index (χ4v) is 5.52. The number of carbonyl (C=O) groups excluding carboxylic acids is 1. The van der Waals surface area contributed by atoms with Crippen LogP contribution in [-0.4, -0.2) is 49.5 Å². The maximum atomic E-state index is 13.0. The average Bonchev–Trinajstić information content (AvgIpc) is 3.05. The lowest BCUT2D eigenvalue weighted by molar-refractivity contribution is -0.116. The maximum Gasteiger partial charge on any atom is 0.244 e. The van der Waals surface area contributed by atoms with Crippen molar-refractivity contribution in [3.8, 4) is 0 Å². The Hall–Kier alpha value is -2.39. The Kier molecular flexibility index (Phi) is 5.84. The average molecular weight is 448 g/mol. The van der Waals surface area contributed by atoms with Gasteiger partial charge in [0, 0.05) is 30.0 Å². The van der Waals surface area contributed by atoms with Gasteiger partial charge in [0.2, 0.25) is 15.9 Å². The van der Waals surface area contributed by atoms with Gasteiger partial charge < -0.3 is 14.6 Å². The summed E-state index contributed by atoms with van der Waals surface area (Å²) in [5.74, 6) is -0.253. The minimum atomic E-state index is -3.77. The molecule has 0 radical (unpaired) electrons. The summed E-state index contributed by atoms with van der Waals surface area (Å²) >= 11 is 6.18. The van der Waals surface area contributed by atoms with Gasteiger partial charge in [0.25, 0.3) is 0 Å². The first-order chi connectivity index (χ1) is 14.4. The summed E-state index contributed by atoms with van der Waals surface area (Å²) in [6.45, 7) is 3.30. The summed E-state index contributed by atoms with van der Waals surface area (Å²) < 4.78 is 34.4. The molecule has 30 heavy (non-hydrogen) atoms. The van der Waals surface area contributed by atoms with Gasteiger partial charge in [-0.3, -0.25) is 4.79 Å². The van der Waals surface area contributed by atoms with Gasteiger partial charge in [0.15, 0.2) is 0 Å². The number of amides is 1. The molecule has 7 nitrogen and oxygen atoms in total. The van der Waals surface area contributed by atoms with Gasteiger partial charge in [-0.05, 0) is 42.6 Å². The molecule has 0 atom stereocenters. The van der Waals surface area contributed by atoms with Crippen LogP contribution in [0.4, 0.5) is 5.69 Å². The summed E-state index contributed by atoms with van der Waals surface area (Å²) in [4.78, 5) is 12.7. The predicted octanol–water partition coefficient (Wildman–Crippen LogP) is 3.26. The third-order valence-electron chi connectivity index (χ3n) is 5.12. The second kappa shape index (κ2) is 8.39. The molecule has 0 unspecified atom stereocenters. The maximum absolute atomic E-state index is 13.0. The summed E-state index contributed by atoms with van der Waals surface area (Å²) in [6.07, 6.45) is 0. The zero-order valence-electron chi connectivity index (χ0n) is 16.5. The Morgan fingerprint density at radius 1 is 1.13 bits per heavy atom. The molecule has 0 spiro atoms. The van der Waals surface area contributed by atoms with E-state index in [1.54, 1.807) is 6.07 Å². The van der Waals surface area contributed by atoms with Crippen molar-refractivity contribution in [3.63, 3.8) is 0 Å². The number of halogens is 1. The second-order valence-corrected chi connectivity index (χ2v) is 9.45. The molecule has 9 heteroatoms. The molecule has 1 aromatic heterocycles. The summed E-state index contributed by atoms with van der Waals surface area (Å²) in [5.41, 5.74) is 2.32. The number of nitrogens with zero attached hydrogens (tertiary/aromatic N) is 2. The first kappa shape index (κ1) is 20.9. The molecule has 158 valence electrons. The molecule has 1 amide bonds. The number of rotatable bonds is 5. The molecule has 1 saturated heterocycles. The normalized spacial score (nSPS) is 15.4. The quantitative estimate of drug-likeness (QED) is 0.651. The summed E-state index contributed by atoms with van der Waals surface area (Å²) in [5, 5.41) is 3.97. The SMILES string of the molecule is Cc1cc2ccccc2n1CC(=O)Nc1ccc(Cl)c(S(=O)(=O)N2CCOCC2)c1. The molecular weight excluding hydrogens is 426 g/mol. The number of hydrogen-bond acceptors (Lipinski definition) is 4. The third-order valence-corrected chi connectivity index (χ3v) is 7.50. The number of aryl methyl sites for hydroxylation is 1. The van der Waals surface area contributed by atoms with Crippen molar-refractivity contribution in [1.29, 1.82) is 0 Å². The Labute approximate surface area is 180 Å². The molecule has 1 fully saturated rings. The number of hydrogen-bond donors (Lipinski definition) is 1. The Morgan fingerprint density at radius 3 is 2.63 bits per heavy atom. The van der Waals surface area contributed by atoms with Crippen molar-refractivity contribution in [2.24, 2.45) is 0 Å². The minimum Gasteiger partial charge on any atom is -0.379 e. The number of fused-ring (bicyclic) bond motifs is 1. The van der Waals surface area contributed by atoms with Crippen LogP contribution < -0.4 is 5.32 Å². The van der Waals surface area contributed by atoms with E-state index in [-0.39, 0.29) is 35.5 Å². The number of sulfonamides is 1. The highest BCUT2D eigenvalue weighted by Crippen LogP contribution is 2.28. The lowest BCUT2D eigenvalue weighted by atomic mass is 10.2. The van der Waals surface area contributed by atoms with Crippen LogP contribution in [0.1, 0.15) is 5.69 Å². The molecule has 2 aromatic carbocycles. The number of benzene rings is 2. The van der Waals surface area contributed by atoms with Crippen molar-refractivity contribution in [1.82, 2.24) is 8.87 Å². The van der Waals surface area contributed by atoms with Gasteiger partial charge in [0.1, 0.15) is 11.4 Å². The van der Waals surface area contributed by atoms with Crippen LogP contribution in [-0.2, 0) is 26.1 Å². The second-order valence-electron chi connectivity index (χ2n) is 7.14. The van der Waals surface area contributed by atoms with Crippen LogP contribution in [0.15, 0.2) is 53.4 Å². The Morgan fingerprint density at radius 2 is 1.87 bits per heavy atom. The van der Waals surface area contributed by atoms with Gasteiger partial charge in [-0.1, -0.05) is 29.8 Å². The van der Waals surface area contributed by atoms with Gasteiger partial charge in [-0.25, -0.2) is 8.42 Å². The van der Waals surface area contributed by atoms with Gasteiger partial charge in [-0.15, -0.1) is 0 Å². The smallest absolute Gasteiger partial charge is 0.244 e. The van der Waals surface area contributed by atoms with Gasteiger partial charge >= 0.3 is 0 Å². The van der Waals surface area contributed by atoms with Crippen LogP contribution >= 0.6 is 11.6 Å². The van der Waals surface area contributed by atoms with E-state index in [0.717, 1.165) is 16.6 Å². The number of morpholine rings is 1. The van der Waals surface area contributed by atoms with E-state index in [1.807, 2.05) is 41.8 Å². The van der Waals surface area contributed by atoms with Crippen LogP contribution in [0.5, 0.6) is 0 Å². The molecule has 0 saturated carbocycles. The van der Waals surface area contributed by atoms with E-state index < -0.39 is 10.0 Å². The highest BCUT2D eigenvalue weighted by atomic mass is 35.5. The van der Waals surface area contributed by atoms with E-state index in [1.165, 1.54) is 16.4 Å². The standard InChI is InChI=1S/C21H22ClN3O4S/c1-15-12-16-4-2-3-5-19(16)25(15)14-21(26)23-17-6-7-18(22)20(13-17)30(27,28)24-8-10-29-11-9-24/h2-7,12-13H,8-11,14H2,1H3,(H,23,26). The van der Waals surface area contributed by atoms with Crippen molar-refractivity contribution < 1.29 is 17.9 Å². The fraction of sp³-hybridized carbons (Fsp3) is 0.286. The number of para-hydroxylation sites is 1. The van der Waals surface area contributed by atoms with E-state index in [4.69, 9.17) is 16.3 Å². The highest BCUT2D eigenvalue weighted by Gasteiger charge is 2.28. The van der Waals surface area contributed by atoms with Crippen LogP contribution in [0, 0.1) is 6.92 Å². The van der Waals surface area contributed by atoms with Gasteiger partial charge in [-0.2, -0.15) is 4.31 Å². The predicted molar refractivity (Wildman–Crippen MR) is 116 cm³/mol. The van der Waals surface area contributed by atoms with E-state index in [9.17, 15) is 13.2 Å². The topological polar surface area (TPSA) is 80.6 Å². The van der Waals surface area contributed by atoms with Crippen molar-refractivity contribution in [3.05, 3.63) is 59.2 Å². The molecule has 4 rings (SSSR count). The van der Waals surface area contributed by atoms with Crippen LogP contribution in [0.2, 0.25) is 5.02 Å². The molecular formula is C21H22ClN3O4S. The molecule has 1 aliphatic rings. The zero-order chi connectivity index (χ0) is 21.3. The van der Waals surface area contributed by atoms with E-state index in [0.29, 0.717) is 18.9 Å². The lowest BCUT2D eigenvalue weighted by Crippen LogP contribution is -2.40. The van der Waals surface area contributed by atoms with Crippen molar-refractivity contribution >= 4 is 44.1 Å². The van der Waals surface area contributed by atoms with Crippen LogP contribution in [0.3, 0.4) is 0 Å². The number of nitrogens with one attached hydrogen (secondary N) is 1. The minimum absolute atomic E-state index is 0.0218. The number of aromatic nitrogens is 1. The fourth-order valence-electron chi connectivity index (χ4n) is 3.61. The third kappa shape index (κ3) is 4.09. The van der Waals surface area contributed by atoms with Crippen molar-refractivity contribution in [2.75, 3.05) is 31.6 Å². The molecule has 1 N–H and O–H groups in total. The number of carbonyl (C=O) groups is 1. The van der Waals surface area contributed by atoms with E-state index >= 15 is 0 Å². The molecule has 0 bridgehead atoms. The molecule has 1 aliphatic heterocycles. The summed E-state index contributed by atoms with van der Waals surface area (Å²) in [6, 6.07) is 14.4. The first-order valence-electron chi connectivity index (χ1n) is 9.58. The zero-order valence-corrected chi connectivity index (χ0v) is 18.0. The molecule has 0 aliphatic carbocycles. The molecule has 3 aromatic rings.